The normalized spacial score (nSPS) is 17.5. The van der Waals surface area contributed by atoms with Crippen molar-refractivity contribution < 1.29 is 24.9 Å². The Hall–Kier alpha value is -4.82. The van der Waals surface area contributed by atoms with Gasteiger partial charge in [0.25, 0.3) is 5.91 Å². The highest BCUT2D eigenvalue weighted by atomic mass is 16.3. The van der Waals surface area contributed by atoms with E-state index in [1.54, 1.807) is 65.6 Å². The zero-order valence-corrected chi connectivity index (χ0v) is 21.9. The molecule has 40 heavy (non-hydrogen) atoms. The van der Waals surface area contributed by atoms with Gasteiger partial charge in [0.15, 0.2) is 0 Å². The molecule has 8 nitrogen and oxygen atoms in total. The maximum Gasteiger partial charge on any atom is 0.339 e. The van der Waals surface area contributed by atoms with Gasteiger partial charge >= 0.3 is 6.03 Å². The highest BCUT2D eigenvalue weighted by molar-refractivity contribution is 5.95. The number of aromatic hydroxyl groups is 2. The minimum atomic E-state index is -1.06. The molecule has 2 atom stereocenters. The second-order valence-corrected chi connectivity index (χ2v) is 9.88. The monoisotopic (exact) mass is 537 g/mol. The van der Waals surface area contributed by atoms with Crippen LogP contribution < -0.4 is 0 Å². The molecule has 3 N–H and O–H groups in total. The molecule has 1 fully saturated rings. The van der Waals surface area contributed by atoms with Gasteiger partial charge in [-0.3, -0.25) is 4.79 Å². The predicted octanol–water partition coefficient (Wildman–Crippen LogP) is 4.57. The second-order valence-electron chi connectivity index (χ2n) is 9.88. The van der Waals surface area contributed by atoms with Gasteiger partial charge in [-0.1, -0.05) is 72.8 Å². The van der Waals surface area contributed by atoms with E-state index in [1.807, 2.05) is 36.4 Å². The molecule has 1 heterocycles. The number of nitrogens with zero attached hydrogens (tertiary/aromatic N) is 3. The molecule has 1 saturated heterocycles. The highest BCUT2D eigenvalue weighted by Crippen LogP contribution is 2.27. The minimum Gasteiger partial charge on any atom is -0.508 e. The lowest BCUT2D eigenvalue weighted by Crippen LogP contribution is -2.52. The van der Waals surface area contributed by atoms with Crippen LogP contribution in [0.25, 0.3) is 0 Å². The van der Waals surface area contributed by atoms with Crippen LogP contribution in [0, 0.1) is 0 Å². The molecule has 8 heteroatoms. The number of phenols is 2. The molecule has 5 rings (SSSR count). The van der Waals surface area contributed by atoms with E-state index >= 15 is 0 Å². The number of benzene rings is 4. The van der Waals surface area contributed by atoms with Crippen LogP contribution >= 0.6 is 0 Å². The standard InChI is InChI=1S/C32H31N3O5/c36-27-15-11-24(12-16-27)20-33-29(19-23-7-3-1-4-8-23)30(38)22-34(31(39)26-9-5-2-6-10-26)35(32(33)40)21-25-13-17-28(37)18-14-25/h1-18,29-30,36-38H,19-22H2/t29-,30-/m1/s1. The molecule has 4 aromatic carbocycles. The first-order chi connectivity index (χ1) is 19.4. The first kappa shape index (κ1) is 26.8. The Morgan fingerprint density at radius 2 is 1.23 bits per heavy atom. The minimum absolute atomic E-state index is 0.0501. The zero-order chi connectivity index (χ0) is 28.1. The third kappa shape index (κ3) is 6.08. The summed E-state index contributed by atoms with van der Waals surface area (Å²) in [6.07, 6.45) is -0.676. The van der Waals surface area contributed by atoms with Crippen molar-refractivity contribution in [3.05, 3.63) is 131 Å². The Labute approximate surface area is 232 Å². The SMILES string of the molecule is O=C(c1ccccc1)N1C[C@@H](O)[C@@H](Cc2ccccc2)N(Cc2ccc(O)cc2)C(=O)N1Cc1ccc(O)cc1. The molecule has 3 amide bonds. The van der Waals surface area contributed by atoms with E-state index < -0.39 is 24.1 Å². The van der Waals surface area contributed by atoms with Crippen molar-refractivity contribution in [3.63, 3.8) is 0 Å². The lowest BCUT2D eigenvalue weighted by atomic mass is 9.99. The number of phenolic OH excluding ortho intramolecular Hbond substituents is 2. The molecule has 0 aromatic heterocycles. The van der Waals surface area contributed by atoms with Crippen LogP contribution in [0.4, 0.5) is 4.79 Å². The number of β-amino-alcohol motifs (C(OH)–C–C–N with tert-alkyl or cyclic N) is 1. The number of aliphatic hydroxyl groups is 1. The van der Waals surface area contributed by atoms with Gasteiger partial charge < -0.3 is 20.2 Å². The van der Waals surface area contributed by atoms with E-state index in [9.17, 15) is 24.9 Å². The fourth-order valence-corrected chi connectivity index (χ4v) is 4.93. The summed E-state index contributed by atoms with van der Waals surface area (Å²) in [4.78, 5) is 29.8. The molecule has 1 aliphatic heterocycles. The van der Waals surface area contributed by atoms with E-state index in [0.29, 0.717) is 17.5 Å². The molecule has 204 valence electrons. The van der Waals surface area contributed by atoms with Crippen molar-refractivity contribution in [2.24, 2.45) is 0 Å². The van der Waals surface area contributed by atoms with E-state index in [4.69, 9.17) is 0 Å². The smallest absolute Gasteiger partial charge is 0.339 e. The number of hydrazine groups is 1. The second kappa shape index (κ2) is 11.9. The summed E-state index contributed by atoms with van der Waals surface area (Å²) in [5.74, 6) is -0.201. The summed E-state index contributed by atoms with van der Waals surface area (Å²) in [5.41, 5.74) is 2.81. The lowest BCUT2D eigenvalue weighted by Gasteiger charge is -2.36. The van der Waals surface area contributed by atoms with Gasteiger partial charge in [-0.25, -0.2) is 14.8 Å². The van der Waals surface area contributed by atoms with Crippen molar-refractivity contribution in [1.29, 1.82) is 0 Å². The molecule has 0 unspecified atom stereocenters. The number of hydrogen-bond donors (Lipinski definition) is 3. The predicted molar refractivity (Wildman–Crippen MR) is 150 cm³/mol. The van der Waals surface area contributed by atoms with E-state index in [-0.39, 0.29) is 31.1 Å². The molecule has 0 aliphatic carbocycles. The van der Waals surface area contributed by atoms with Gasteiger partial charge in [-0.2, -0.15) is 0 Å². The Bertz CT molecular complexity index is 1430. The first-order valence-electron chi connectivity index (χ1n) is 13.1. The summed E-state index contributed by atoms with van der Waals surface area (Å²) in [6.45, 7) is 0.114. The van der Waals surface area contributed by atoms with Crippen LogP contribution in [0.3, 0.4) is 0 Å². The molecular weight excluding hydrogens is 506 g/mol. The van der Waals surface area contributed by atoms with Crippen molar-refractivity contribution in [2.75, 3.05) is 6.54 Å². The van der Waals surface area contributed by atoms with Crippen molar-refractivity contribution >= 4 is 11.9 Å². The van der Waals surface area contributed by atoms with Crippen LogP contribution in [0.5, 0.6) is 11.5 Å². The molecule has 1 aliphatic rings. The summed E-state index contributed by atoms with van der Waals surface area (Å²) < 4.78 is 0. The number of aliphatic hydroxyl groups excluding tert-OH is 1. The van der Waals surface area contributed by atoms with Crippen LogP contribution in [0.2, 0.25) is 0 Å². The van der Waals surface area contributed by atoms with E-state index in [1.165, 1.54) is 22.2 Å². The molecular formula is C32H31N3O5. The number of amides is 3. The molecule has 0 saturated carbocycles. The largest absolute Gasteiger partial charge is 0.508 e. The maximum absolute atomic E-state index is 14.4. The van der Waals surface area contributed by atoms with Gasteiger partial charge in [-0.15, -0.1) is 0 Å². The average molecular weight is 538 g/mol. The number of hydrogen-bond acceptors (Lipinski definition) is 5. The van der Waals surface area contributed by atoms with Crippen LogP contribution in [0.15, 0.2) is 109 Å². The summed E-state index contributed by atoms with van der Waals surface area (Å²) >= 11 is 0. The molecule has 0 radical (unpaired) electrons. The van der Waals surface area contributed by atoms with Gasteiger partial charge in [-0.05, 0) is 59.5 Å². The zero-order valence-electron chi connectivity index (χ0n) is 21.9. The van der Waals surface area contributed by atoms with Gasteiger partial charge in [0.05, 0.1) is 25.2 Å². The lowest BCUT2D eigenvalue weighted by molar-refractivity contribution is -0.00439. The summed E-state index contributed by atoms with van der Waals surface area (Å²) in [6, 6.07) is 30.2. The van der Waals surface area contributed by atoms with Gasteiger partial charge in [0, 0.05) is 12.1 Å². The van der Waals surface area contributed by atoms with Gasteiger partial charge in [0.1, 0.15) is 11.5 Å². The van der Waals surface area contributed by atoms with Crippen molar-refractivity contribution in [2.45, 2.75) is 31.7 Å². The van der Waals surface area contributed by atoms with Crippen LogP contribution in [-0.4, -0.2) is 60.9 Å². The molecule has 0 bridgehead atoms. The Kier molecular flexibility index (Phi) is 7.98. The van der Waals surface area contributed by atoms with E-state index in [0.717, 1.165) is 11.1 Å². The summed E-state index contributed by atoms with van der Waals surface area (Å²) in [7, 11) is 0. The Morgan fingerprint density at radius 3 is 1.80 bits per heavy atom. The van der Waals surface area contributed by atoms with E-state index in [2.05, 4.69) is 0 Å². The fourth-order valence-electron chi connectivity index (χ4n) is 4.93. The number of carbonyl (C=O) groups excluding carboxylic acids is 2. The third-order valence-electron chi connectivity index (χ3n) is 7.06. The topological polar surface area (TPSA) is 105 Å². The molecule has 4 aromatic rings. The number of urea groups is 1. The van der Waals surface area contributed by atoms with Crippen LogP contribution in [-0.2, 0) is 19.5 Å². The number of carbonyl (C=O) groups is 2. The van der Waals surface area contributed by atoms with Crippen molar-refractivity contribution in [1.82, 2.24) is 14.9 Å². The Balaban J connectivity index is 1.57. The molecule has 0 spiro atoms. The van der Waals surface area contributed by atoms with Crippen molar-refractivity contribution in [3.8, 4) is 11.5 Å². The first-order valence-corrected chi connectivity index (χ1v) is 13.1. The Morgan fingerprint density at radius 1 is 0.700 bits per heavy atom. The van der Waals surface area contributed by atoms with Gasteiger partial charge in [0.2, 0.25) is 0 Å². The summed E-state index contributed by atoms with van der Waals surface area (Å²) in [5, 5.41) is 33.9. The highest BCUT2D eigenvalue weighted by Gasteiger charge is 2.42. The fraction of sp³-hybridized carbons (Fsp3) is 0.188. The quantitative estimate of drug-likeness (QED) is 0.321. The maximum atomic E-state index is 14.4. The van der Waals surface area contributed by atoms with Crippen LogP contribution in [0.1, 0.15) is 27.0 Å². The third-order valence-corrected chi connectivity index (χ3v) is 7.06. The average Bonchev–Trinajstić information content (AvgIpc) is 3.07. The number of rotatable bonds is 7.